The Bertz CT molecular complexity index is 509. The smallest absolute Gasteiger partial charge is 0.0991 e. The van der Waals surface area contributed by atoms with Gasteiger partial charge in [-0.25, -0.2) is 0 Å². The van der Waals surface area contributed by atoms with Gasteiger partial charge < -0.3 is 14.4 Å². The average Bonchev–Trinajstić information content (AvgIpc) is 2.55. The van der Waals surface area contributed by atoms with Crippen LogP contribution in [0.2, 0.25) is 0 Å². The highest BCUT2D eigenvalue weighted by atomic mass is 16.5. The lowest BCUT2D eigenvalue weighted by Gasteiger charge is -2.46. The highest BCUT2D eigenvalue weighted by Gasteiger charge is 2.40. The minimum Gasteiger partial charge on any atom is -0.381 e. The third-order valence-corrected chi connectivity index (χ3v) is 4.82. The molecule has 1 aromatic carbocycles. The molecule has 0 N–H and O–H groups in total. The molecule has 4 nitrogen and oxygen atoms in total. The van der Waals surface area contributed by atoms with Gasteiger partial charge in [0.15, 0.2) is 0 Å². The lowest BCUT2D eigenvalue weighted by Crippen LogP contribution is -2.50. The summed E-state index contributed by atoms with van der Waals surface area (Å²) in [5.74, 6) is 0. The monoisotopic (exact) mass is 286 g/mol. The Labute approximate surface area is 126 Å². The van der Waals surface area contributed by atoms with E-state index in [-0.39, 0.29) is 5.60 Å². The first-order chi connectivity index (χ1) is 10.2. The second kappa shape index (κ2) is 6.05. The first kappa shape index (κ1) is 14.4. The van der Waals surface area contributed by atoms with Crippen LogP contribution in [0.1, 0.15) is 31.2 Å². The standard InChI is InChI=1S/C17H22N2O2/c1-19(15-4-2-14(13-18)3-5-15)16-6-9-21-17(12-16)7-10-20-11-8-17/h2-5,16H,6-12H2,1H3. The van der Waals surface area contributed by atoms with Crippen LogP contribution in [-0.4, -0.2) is 38.5 Å². The van der Waals surface area contributed by atoms with Crippen molar-refractivity contribution in [1.82, 2.24) is 0 Å². The summed E-state index contributed by atoms with van der Waals surface area (Å²) in [7, 11) is 2.14. The highest BCUT2D eigenvalue weighted by molar-refractivity contribution is 5.50. The van der Waals surface area contributed by atoms with E-state index in [0.29, 0.717) is 11.6 Å². The molecule has 1 unspecified atom stereocenters. The van der Waals surface area contributed by atoms with E-state index >= 15 is 0 Å². The Hall–Kier alpha value is -1.57. The molecule has 1 aromatic rings. The Morgan fingerprint density at radius 2 is 1.90 bits per heavy atom. The van der Waals surface area contributed by atoms with Crippen LogP contribution in [0.25, 0.3) is 0 Å². The summed E-state index contributed by atoms with van der Waals surface area (Å²) in [5.41, 5.74) is 1.89. The minimum atomic E-state index is 0.0159. The number of benzene rings is 1. The number of ether oxygens (including phenoxy) is 2. The van der Waals surface area contributed by atoms with Crippen LogP contribution < -0.4 is 4.90 Å². The largest absolute Gasteiger partial charge is 0.381 e. The van der Waals surface area contributed by atoms with Crippen molar-refractivity contribution >= 4 is 5.69 Å². The quantitative estimate of drug-likeness (QED) is 0.838. The molecule has 0 bridgehead atoms. The zero-order chi connectivity index (χ0) is 14.7. The summed E-state index contributed by atoms with van der Waals surface area (Å²) < 4.78 is 11.6. The van der Waals surface area contributed by atoms with E-state index in [1.54, 1.807) is 0 Å². The van der Waals surface area contributed by atoms with Gasteiger partial charge in [0.1, 0.15) is 0 Å². The summed E-state index contributed by atoms with van der Waals surface area (Å²) in [4.78, 5) is 2.33. The molecule has 2 heterocycles. The third kappa shape index (κ3) is 3.04. The maximum Gasteiger partial charge on any atom is 0.0991 e. The van der Waals surface area contributed by atoms with Crippen molar-refractivity contribution in [3.8, 4) is 6.07 Å². The predicted molar refractivity (Wildman–Crippen MR) is 81.3 cm³/mol. The van der Waals surface area contributed by atoms with Gasteiger partial charge in [0.25, 0.3) is 0 Å². The number of hydrogen-bond donors (Lipinski definition) is 0. The summed E-state index contributed by atoms with van der Waals surface area (Å²) in [6.45, 7) is 2.45. The zero-order valence-electron chi connectivity index (χ0n) is 12.5. The predicted octanol–water partition coefficient (Wildman–Crippen LogP) is 2.72. The Morgan fingerprint density at radius 3 is 2.57 bits per heavy atom. The second-order valence-electron chi connectivity index (χ2n) is 6.06. The van der Waals surface area contributed by atoms with Crippen LogP contribution in [0.15, 0.2) is 24.3 Å². The van der Waals surface area contributed by atoms with Crippen LogP contribution in [0.4, 0.5) is 5.69 Å². The van der Waals surface area contributed by atoms with Gasteiger partial charge in [-0.15, -0.1) is 0 Å². The molecule has 2 fully saturated rings. The van der Waals surface area contributed by atoms with Crippen molar-refractivity contribution in [2.75, 3.05) is 31.8 Å². The second-order valence-corrected chi connectivity index (χ2v) is 6.06. The molecule has 0 aliphatic carbocycles. The fourth-order valence-corrected chi connectivity index (χ4v) is 3.41. The first-order valence-electron chi connectivity index (χ1n) is 7.67. The van der Waals surface area contributed by atoms with Crippen LogP contribution >= 0.6 is 0 Å². The van der Waals surface area contributed by atoms with Crippen LogP contribution in [0, 0.1) is 11.3 Å². The Balaban J connectivity index is 1.71. The molecule has 112 valence electrons. The van der Waals surface area contributed by atoms with Crippen molar-refractivity contribution in [3.63, 3.8) is 0 Å². The van der Waals surface area contributed by atoms with E-state index in [4.69, 9.17) is 14.7 Å². The van der Waals surface area contributed by atoms with Crippen molar-refractivity contribution in [3.05, 3.63) is 29.8 Å². The molecule has 0 saturated carbocycles. The Morgan fingerprint density at radius 1 is 1.19 bits per heavy atom. The molecule has 2 saturated heterocycles. The molecule has 2 aliphatic heterocycles. The molecular weight excluding hydrogens is 264 g/mol. The van der Waals surface area contributed by atoms with Gasteiger partial charge in [0.2, 0.25) is 0 Å². The maximum atomic E-state index is 8.89. The molecule has 0 radical (unpaired) electrons. The van der Waals surface area contributed by atoms with Gasteiger partial charge in [0, 0.05) is 38.6 Å². The lowest BCUT2D eigenvalue weighted by atomic mass is 9.83. The Kier molecular flexibility index (Phi) is 4.14. The van der Waals surface area contributed by atoms with Gasteiger partial charge >= 0.3 is 0 Å². The minimum absolute atomic E-state index is 0.0159. The topological polar surface area (TPSA) is 45.5 Å². The van der Waals surface area contributed by atoms with Gasteiger partial charge in [0.05, 0.1) is 17.2 Å². The maximum absolute atomic E-state index is 8.89. The molecule has 0 amide bonds. The van der Waals surface area contributed by atoms with Crippen molar-refractivity contribution in [2.45, 2.75) is 37.3 Å². The summed E-state index contributed by atoms with van der Waals surface area (Å²) >= 11 is 0. The van der Waals surface area contributed by atoms with Crippen LogP contribution in [0.3, 0.4) is 0 Å². The number of anilines is 1. The van der Waals surface area contributed by atoms with E-state index in [9.17, 15) is 0 Å². The fourth-order valence-electron chi connectivity index (χ4n) is 3.41. The van der Waals surface area contributed by atoms with Crippen LogP contribution in [0.5, 0.6) is 0 Å². The number of hydrogen-bond acceptors (Lipinski definition) is 4. The summed E-state index contributed by atoms with van der Waals surface area (Å²) in [6.07, 6.45) is 4.13. The molecule has 1 atom stereocenters. The highest BCUT2D eigenvalue weighted by Crippen LogP contribution is 2.36. The number of nitrogens with zero attached hydrogens (tertiary/aromatic N) is 2. The number of rotatable bonds is 2. The molecule has 1 spiro atoms. The van der Waals surface area contributed by atoms with E-state index in [2.05, 4.69) is 18.0 Å². The van der Waals surface area contributed by atoms with E-state index in [1.807, 2.05) is 24.3 Å². The molecule has 4 heteroatoms. The van der Waals surface area contributed by atoms with Crippen molar-refractivity contribution < 1.29 is 9.47 Å². The summed E-state index contributed by atoms with van der Waals surface area (Å²) in [6, 6.07) is 10.5. The zero-order valence-corrected chi connectivity index (χ0v) is 12.5. The van der Waals surface area contributed by atoms with Gasteiger partial charge in [-0.1, -0.05) is 0 Å². The van der Waals surface area contributed by atoms with Crippen molar-refractivity contribution in [1.29, 1.82) is 5.26 Å². The number of nitriles is 1. The van der Waals surface area contributed by atoms with Gasteiger partial charge in [-0.3, -0.25) is 0 Å². The molecule has 21 heavy (non-hydrogen) atoms. The van der Waals surface area contributed by atoms with Gasteiger partial charge in [-0.05, 0) is 49.9 Å². The molecule has 2 aliphatic rings. The average molecular weight is 286 g/mol. The SMILES string of the molecule is CN(c1ccc(C#N)cc1)C1CCOC2(CCOCC2)C1. The lowest BCUT2D eigenvalue weighted by molar-refractivity contribution is -0.137. The third-order valence-electron chi connectivity index (χ3n) is 4.82. The van der Waals surface area contributed by atoms with Gasteiger partial charge in [-0.2, -0.15) is 5.26 Å². The molecule has 0 aromatic heterocycles. The first-order valence-corrected chi connectivity index (χ1v) is 7.67. The van der Waals surface area contributed by atoms with Crippen LogP contribution in [-0.2, 0) is 9.47 Å². The molecule has 3 rings (SSSR count). The van der Waals surface area contributed by atoms with E-state index < -0.39 is 0 Å². The van der Waals surface area contributed by atoms with E-state index in [1.165, 1.54) is 5.69 Å². The van der Waals surface area contributed by atoms with Crippen molar-refractivity contribution in [2.24, 2.45) is 0 Å². The summed E-state index contributed by atoms with van der Waals surface area (Å²) in [5, 5.41) is 8.89. The normalized spacial score (nSPS) is 24.5. The molecular formula is C17H22N2O2. The fraction of sp³-hybridized carbons (Fsp3) is 0.588. The van der Waals surface area contributed by atoms with E-state index in [0.717, 1.165) is 45.5 Å².